The number of anilines is 3. The van der Waals surface area contributed by atoms with Gasteiger partial charge in [-0.05, 0) is 24.8 Å². The van der Waals surface area contributed by atoms with Crippen LogP contribution in [0.15, 0.2) is 31.2 Å². The van der Waals surface area contributed by atoms with E-state index in [2.05, 4.69) is 56.3 Å². The first-order valence-electron chi connectivity index (χ1n) is 10.2. The van der Waals surface area contributed by atoms with Gasteiger partial charge in [0.2, 0.25) is 11.9 Å². The SMILES string of the molecule is C=CC(=O)N1CCC[C@@H](Nc2nc(Nc3cnn(CC(C)C)c3)nc3[nH]ncc23)C1. The molecule has 158 valence electrons. The molecule has 1 atom stereocenters. The predicted molar refractivity (Wildman–Crippen MR) is 115 cm³/mol. The van der Waals surface area contributed by atoms with Crippen LogP contribution in [0.3, 0.4) is 0 Å². The van der Waals surface area contributed by atoms with Crippen molar-refractivity contribution in [1.82, 2.24) is 34.8 Å². The number of rotatable bonds is 7. The maximum Gasteiger partial charge on any atom is 0.246 e. The number of nitrogens with one attached hydrogen (secondary N) is 3. The minimum absolute atomic E-state index is 0.0431. The highest BCUT2D eigenvalue weighted by atomic mass is 16.2. The number of likely N-dealkylation sites (tertiary alicyclic amines) is 1. The fourth-order valence-electron chi connectivity index (χ4n) is 3.65. The fourth-order valence-corrected chi connectivity index (χ4v) is 3.65. The van der Waals surface area contributed by atoms with Crippen LogP contribution in [0.5, 0.6) is 0 Å². The standard InChI is InChI=1S/C20H27N9O/c1-4-17(30)28-7-5-6-14(11-28)23-18-16-9-21-27-19(16)26-20(25-18)24-15-8-22-29(12-15)10-13(2)3/h4,8-9,12-14H,1,5-7,10-11H2,2-3H3,(H3,21,23,24,25,26,27)/t14-/m1/s1. The Kier molecular flexibility index (Phi) is 5.64. The van der Waals surface area contributed by atoms with E-state index in [1.807, 2.05) is 15.8 Å². The molecule has 1 aliphatic rings. The molecule has 0 bridgehead atoms. The van der Waals surface area contributed by atoms with Crippen LogP contribution in [-0.4, -0.2) is 59.9 Å². The summed E-state index contributed by atoms with van der Waals surface area (Å²) in [7, 11) is 0. The van der Waals surface area contributed by atoms with Gasteiger partial charge in [-0.1, -0.05) is 20.4 Å². The Labute approximate surface area is 174 Å². The van der Waals surface area contributed by atoms with Gasteiger partial charge >= 0.3 is 0 Å². The first-order chi connectivity index (χ1) is 14.5. The summed E-state index contributed by atoms with van der Waals surface area (Å²) in [4.78, 5) is 23.0. The summed E-state index contributed by atoms with van der Waals surface area (Å²) >= 11 is 0. The summed E-state index contributed by atoms with van der Waals surface area (Å²) in [5.74, 6) is 1.60. The molecular weight excluding hydrogens is 382 g/mol. The maximum atomic E-state index is 12.0. The number of nitrogens with zero attached hydrogens (tertiary/aromatic N) is 6. The van der Waals surface area contributed by atoms with Gasteiger partial charge in [-0.3, -0.25) is 14.6 Å². The Balaban J connectivity index is 1.53. The molecule has 3 aromatic rings. The largest absolute Gasteiger partial charge is 0.365 e. The third-order valence-electron chi connectivity index (χ3n) is 5.00. The molecule has 0 unspecified atom stereocenters. The van der Waals surface area contributed by atoms with Crippen LogP contribution in [0.1, 0.15) is 26.7 Å². The second kappa shape index (κ2) is 8.52. The second-order valence-corrected chi connectivity index (χ2v) is 7.97. The predicted octanol–water partition coefficient (Wildman–Crippen LogP) is 2.54. The molecule has 3 N–H and O–H groups in total. The quantitative estimate of drug-likeness (QED) is 0.513. The van der Waals surface area contributed by atoms with Gasteiger partial charge < -0.3 is 15.5 Å². The summed E-state index contributed by atoms with van der Waals surface area (Å²) in [5.41, 5.74) is 1.46. The lowest BCUT2D eigenvalue weighted by Gasteiger charge is -2.32. The second-order valence-electron chi connectivity index (χ2n) is 7.97. The van der Waals surface area contributed by atoms with E-state index in [0.717, 1.165) is 37.0 Å². The number of carbonyl (C=O) groups is 1. The number of amides is 1. The Morgan fingerprint density at radius 2 is 2.27 bits per heavy atom. The molecule has 10 nitrogen and oxygen atoms in total. The van der Waals surface area contributed by atoms with Crippen molar-refractivity contribution in [2.24, 2.45) is 5.92 Å². The fraction of sp³-hybridized carbons (Fsp3) is 0.450. The van der Waals surface area contributed by atoms with Gasteiger partial charge in [0.1, 0.15) is 5.82 Å². The van der Waals surface area contributed by atoms with Crippen LogP contribution in [-0.2, 0) is 11.3 Å². The van der Waals surface area contributed by atoms with Gasteiger partial charge in [-0.15, -0.1) is 0 Å². The van der Waals surface area contributed by atoms with Crippen LogP contribution in [0.2, 0.25) is 0 Å². The summed E-state index contributed by atoms with van der Waals surface area (Å²) in [6.45, 7) is 10.1. The first-order valence-corrected chi connectivity index (χ1v) is 10.2. The highest BCUT2D eigenvalue weighted by Crippen LogP contribution is 2.24. The lowest BCUT2D eigenvalue weighted by Crippen LogP contribution is -2.44. The van der Waals surface area contributed by atoms with Crippen molar-refractivity contribution in [3.8, 4) is 0 Å². The van der Waals surface area contributed by atoms with Crippen molar-refractivity contribution in [2.75, 3.05) is 23.7 Å². The number of aromatic nitrogens is 6. The zero-order chi connectivity index (χ0) is 21.1. The summed E-state index contributed by atoms with van der Waals surface area (Å²) in [6, 6.07) is 0.0947. The van der Waals surface area contributed by atoms with Crippen molar-refractivity contribution in [2.45, 2.75) is 39.3 Å². The van der Waals surface area contributed by atoms with Crippen molar-refractivity contribution in [3.05, 3.63) is 31.2 Å². The van der Waals surface area contributed by atoms with Crippen LogP contribution in [0, 0.1) is 5.92 Å². The number of aromatic amines is 1. The van der Waals surface area contributed by atoms with Gasteiger partial charge in [0.15, 0.2) is 5.65 Å². The molecule has 0 aliphatic carbocycles. The van der Waals surface area contributed by atoms with Crippen LogP contribution in [0.4, 0.5) is 17.5 Å². The van der Waals surface area contributed by atoms with E-state index in [1.165, 1.54) is 6.08 Å². The van der Waals surface area contributed by atoms with Gasteiger partial charge in [0.25, 0.3) is 0 Å². The highest BCUT2D eigenvalue weighted by molar-refractivity contribution is 5.88. The van der Waals surface area contributed by atoms with Crippen LogP contribution < -0.4 is 10.6 Å². The van der Waals surface area contributed by atoms with Gasteiger partial charge in [-0.2, -0.15) is 20.2 Å². The number of carbonyl (C=O) groups excluding carboxylic acids is 1. The molecule has 4 rings (SSSR count). The van der Waals surface area contributed by atoms with E-state index in [1.54, 1.807) is 12.4 Å². The molecule has 1 fully saturated rings. The third-order valence-corrected chi connectivity index (χ3v) is 5.00. The molecule has 1 saturated heterocycles. The van der Waals surface area contributed by atoms with Gasteiger partial charge in [-0.25, -0.2) is 0 Å². The maximum absolute atomic E-state index is 12.0. The molecular formula is C20H27N9O. The van der Waals surface area contributed by atoms with Crippen molar-refractivity contribution in [3.63, 3.8) is 0 Å². The lowest BCUT2D eigenvalue weighted by atomic mass is 10.1. The molecule has 3 aromatic heterocycles. The minimum atomic E-state index is -0.0431. The van der Waals surface area contributed by atoms with E-state index < -0.39 is 0 Å². The topological polar surface area (TPSA) is 117 Å². The molecule has 10 heteroatoms. The Morgan fingerprint density at radius 3 is 3.07 bits per heavy atom. The lowest BCUT2D eigenvalue weighted by molar-refractivity contribution is -0.127. The Hall–Kier alpha value is -3.43. The zero-order valence-electron chi connectivity index (χ0n) is 17.3. The van der Waals surface area contributed by atoms with Crippen molar-refractivity contribution in [1.29, 1.82) is 0 Å². The molecule has 30 heavy (non-hydrogen) atoms. The van der Waals surface area contributed by atoms with E-state index in [-0.39, 0.29) is 11.9 Å². The number of hydrogen-bond acceptors (Lipinski definition) is 7. The molecule has 1 amide bonds. The highest BCUT2D eigenvalue weighted by Gasteiger charge is 2.23. The monoisotopic (exact) mass is 409 g/mol. The van der Waals surface area contributed by atoms with E-state index in [4.69, 9.17) is 0 Å². The number of hydrogen-bond donors (Lipinski definition) is 3. The van der Waals surface area contributed by atoms with E-state index >= 15 is 0 Å². The van der Waals surface area contributed by atoms with Gasteiger partial charge in [0.05, 0.1) is 23.5 Å². The Morgan fingerprint density at radius 1 is 1.40 bits per heavy atom. The van der Waals surface area contributed by atoms with E-state index in [0.29, 0.717) is 29.9 Å². The third kappa shape index (κ3) is 4.42. The summed E-state index contributed by atoms with van der Waals surface area (Å²) < 4.78 is 1.90. The molecule has 1 aliphatic heterocycles. The van der Waals surface area contributed by atoms with Crippen LogP contribution in [0.25, 0.3) is 11.0 Å². The normalized spacial score (nSPS) is 16.8. The smallest absolute Gasteiger partial charge is 0.246 e. The minimum Gasteiger partial charge on any atom is -0.365 e. The number of H-pyrrole nitrogens is 1. The van der Waals surface area contributed by atoms with Gasteiger partial charge in [0, 0.05) is 31.9 Å². The molecule has 0 aromatic carbocycles. The van der Waals surface area contributed by atoms with Crippen molar-refractivity contribution >= 4 is 34.4 Å². The molecule has 0 radical (unpaired) electrons. The van der Waals surface area contributed by atoms with Crippen molar-refractivity contribution < 1.29 is 4.79 Å². The average Bonchev–Trinajstić information content (AvgIpc) is 3.36. The molecule has 4 heterocycles. The number of fused-ring (bicyclic) bond motifs is 1. The van der Waals surface area contributed by atoms with Crippen LogP contribution >= 0.6 is 0 Å². The zero-order valence-corrected chi connectivity index (χ0v) is 17.3. The average molecular weight is 409 g/mol. The van der Waals surface area contributed by atoms with E-state index in [9.17, 15) is 4.79 Å². The molecule has 0 saturated carbocycles. The summed E-state index contributed by atoms with van der Waals surface area (Å²) in [6.07, 6.45) is 8.65. The number of piperidine rings is 1. The Bertz CT molecular complexity index is 1040. The molecule has 0 spiro atoms. The first kappa shape index (κ1) is 19.9. The summed E-state index contributed by atoms with van der Waals surface area (Å²) in [5, 5.41) is 18.9.